The van der Waals surface area contributed by atoms with Gasteiger partial charge in [0, 0.05) is 22.2 Å². The highest BCUT2D eigenvalue weighted by Gasteiger charge is 2.03. The molecule has 0 fully saturated rings. The minimum Gasteiger partial charge on any atom is -0.310 e. The minimum absolute atomic E-state index is 0.425. The number of hydrogen-bond acceptors (Lipinski definition) is 2. The van der Waals surface area contributed by atoms with E-state index in [4.69, 9.17) is 11.6 Å². The van der Waals surface area contributed by atoms with E-state index in [0.717, 1.165) is 12.3 Å². The number of halogens is 1. The van der Waals surface area contributed by atoms with Gasteiger partial charge in [-0.05, 0) is 44.5 Å². The smallest absolute Gasteiger partial charge is 0.0291 e. The Balaban J connectivity index is 2.51. The van der Waals surface area contributed by atoms with Gasteiger partial charge in [0.2, 0.25) is 0 Å². The standard InChI is InChI=1S/C15H22ClNS/c1-4-9-17-13(3)14-5-7-15(8-6-14)18-11-12(2)10-16/h5-8,10,13,17H,4,9,11H2,1-3H3/b12-10+. The van der Waals surface area contributed by atoms with Crippen LogP contribution in [-0.2, 0) is 0 Å². The second-order valence-electron chi connectivity index (χ2n) is 4.49. The van der Waals surface area contributed by atoms with E-state index < -0.39 is 0 Å². The molecule has 3 heteroatoms. The molecule has 1 nitrogen and oxygen atoms in total. The zero-order chi connectivity index (χ0) is 13.4. The molecule has 18 heavy (non-hydrogen) atoms. The number of thioether (sulfide) groups is 1. The summed E-state index contributed by atoms with van der Waals surface area (Å²) < 4.78 is 0. The summed E-state index contributed by atoms with van der Waals surface area (Å²) in [4.78, 5) is 1.29. The largest absolute Gasteiger partial charge is 0.310 e. The van der Waals surface area contributed by atoms with Gasteiger partial charge in [0.25, 0.3) is 0 Å². The third-order valence-electron chi connectivity index (χ3n) is 2.73. The van der Waals surface area contributed by atoms with Crippen LogP contribution in [0.25, 0.3) is 0 Å². The average molecular weight is 284 g/mol. The second kappa shape index (κ2) is 8.63. The Hall–Kier alpha value is -0.440. The Morgan fingerprint density at radius 3 is 2.61 bits per heavy atom. The fourth-order valence-corrected chi connectivity index (χ4v) is 2.53. The maximum absolute atomic E-state index is 5.65. The minimum atomic E-state index is 0.425. The Morgan fingerprint density at radius 2 is 2.06 bits per heavy atom. The number of hydrogen-bond donors (Lipinski definition) is 1. The summed E-state index contributed by atoms with van der Waals surface area (Å²) in [5, 5.41) is 3.49. The highest BCUT2D eigenvalue weighted by Crippen LogP contribution is 2.23. The SMILES string of the molecule is CCCNC(C)c1ccc(SC/C(C)=C/Cl)cc1. The van der Waals surface area contributed by atoms with Gasteiger partial charge in [0.05, 0.1) is 0 Å². The van der Waals surface area contributed by atoms with E-state index in [-0.39, 0.29) is 0 Å². The third-order valence-corrected chi connectivity index (χ3v) is 4.31. The number of nitrogens with one attached hydrogen (secondary N) is 1. The van der Waals surface area contributed by atoms with E-state index >= 15 is 0 Å². The highest BCUT2D eigenvalue weighted by atomic mass is 35.5. The molecule has 0 bridgehead atoms. The summed E-state index contributed by atoms with van der Waals surface area (Å²) in [5.41, 5.74) is 4.19. The Morgan fingerprint density at radius 1 is 1.39 bits per heavy atom. The molecule has 0 radical (unpaired) electrons. The van der Waals surface area contributed by atoms with Crippen LogP contribution in [0.2, 0.25) is 0 Å². The molecule has 1 rings (SSSR count). The maximum atomic E-state index is 5.65. The maximum Gasteiger partial charge on any atom is 0.0291 e. The molecular formula is C15H22ClNS. The van der Waals surface area contributed by atoms with Gasteiger partial charge in [-0.15, -0.1) is 11.8 Å². The van der Waals surface area contributed by atoms with Crippen LogP contribution in [0, 0.1) is 0 Å². The Labute approximate surface area is 120 Å². The molecule has 0 saturated heterocycles. The van der Waals surface area contributed by atoms with Gasteiger partial charge in [-0.1, -0.05) is 36.2 Å². The number of rotatable bonds is 7. The lowest BCUT2D eigenvalue weighted by Crippen LogP contribution is -2.19. The van der Waals surface area contributed by atoms with Crippen molar-refractivity contribution in [3.05, 3.63) is 40.9 Å². The van der Waals surface area contributed by atoms with Crippen LogP contribution in [0.5, 0.6) is 0 Å². The molecule has 0 spiro atoms. The van der Waals surface area contributed by atoms with Gasteiger partial charge < -0.3 is 5.32 Å². The molecule has 0 saturated carbocycles. The molecular weight excluding hydrogens is 262 g/mol. The summed E-state index contributed by atoms with van der Waals surface area (Å²) >= 11 is 7.47. The van der Waals surface area contributed by atoms with Crippen molar-refractivity contribution in [3.63, 3.8) is 0 Å². The quantitative estimate of drug-likeness (QED) is 0.708. The Kier molecular flexibility index (Phi) is 7.48. The normalized spacial score (nSPS) is 13.7. The first-order valence-electron chi connectivity index (χ1n) is 6.39. The lowest BCUT2D eigenvalue weighted by Gasteiger charge is -2.14. The average Bonchev–Trinajstić information content (AvgIpc) is 2.42. The fraction of sp³-hybridized carbons (Fsp3) is 0.467. The fourth-order valence-electron chi connectivity index (χ4n) is 1.56. The van der Waals surface area contributed by atoms with Crippen LogP contribution >= 0.6 is 23.4 Å². The first-order valence-corrected chi connectivity index (χ1v) is 7.81. The van der Waals surface area contributed by atoms with Gasteiger partial charge in [-0.3, -0.25) is 0 Å². The highest BCUT2D eigenvalue weighted by molar-refractivity contribution is 7.99. The van der Waals surface area contributed by atoms with Gasteiger partial charge in [0.15, 0.2) is 0 Å². The van der Waals surface area contributed by atoms with Crippen LogP contribution in [0.15, 0.2) is 40.3 Å². The predicted molar refractivity (Wildman–Crippen MR) is 83.5 cm³/mol. The summed E-state index contributed by atoms with van der Waals surface area (Å²) in [6.45, 7) is 7.51. The van der Waals surface area contributed by atoms with E-state index in [0.29, 0.717) is 6.04 Å². The third kappa shape index (κ3) is 5.47. The van der Waals surface area contributed by atoms with Crippen molar-refractivity contribution in [2.24, 2.45) is 0 Å². The lowest BCUT2D eigenvalue weighted by atomic mass is 10.1. The first-order chi connectivity index (χ1) is 8.67. The molecule has 1 N–H and O–H groups in total. The zero-order valence-electron chi connectivity index (χ0n) is 11.4. The molecule has 0 aliphatic carbocycles. The van der Waals surface area contributed by atoms with E-state index in [1.807, 2.05) is 18.7 Å². The van der Waals surface area contributed by atoms with E-state index in [1.165, 1.54) is 22.5 Å². The van der Waals surface area contributed by atoms with E-state index in [9.17, 15) is 0 Å². The summed E-state index contributed by atoms with van der Waals surface area (Å²) in [7, 11) is 0. The van der Waals surface area contributed by atoms with Crippen molar-refractivity contribution in [2.75, 3.05) is 12.3 Å². The van der Waals surface area contributed by atoms with Crippen LogP contribution < -0.4 is 5.32 Å². The molecule has 1 atom stereocenters. The van der Waals surface area contributed by atoms with Crippen molar-refractivity contribution in [1.29, 1.82) is 0 Å². The predicted octanol–water partition coefficient (Wildman–Crippen LogP) is 4.98. The monoisotopic (exact) mass is 283 g/mol. The van der Waals surface area contributed by atoms with E-state index in [2.05, 4.69) is 43.4 Å². The molecule has 1 aromatic carbocycles. The number of benzene rings is 1. The van der Waals surface area contributed by atoms with Crippen LogP contribution in [-0.4, -0.2) is 12.3 Å². The van der Waals surface area contributed by atoms with E-state index in [1.54, 1.807) is 5.54 Å². The molecule has 100 valence electrons. The van der Waals surface area contributed by atoms with Gasteiger partial charge in [0.1, 0.15) is 0 Å². The van der Waals surface area contributed by atoms with Gasteiger partial charge >= 0.3 is 0 Å². The van der Waals surface area contributed by atoms with Crippen molar-refractivity contribution < 1.29 is 0 Å². The molecule has 0 heterocycles. The summed E-state index contributed by atoms with van der Waals surface area (Å²) in [6.07, 6.45) is 1.17. The van der Waals surface area contributed by atoms with Gasteiger partial charge in [-0.2, -0.15) is 0 Å². The second-order valence-corrected chi connectivity index (χ2v) is 5.76. The topological polar surface area (TPSA) is 12.0 Å². The van der Waals surface area contributed by atoms with Crippen molar-refractivity contribution in [3.8, 4) is 0 Å². The van der Waals surface area contributed by atoms with Crippen LogP contribution in [0.3, 0.4) is 0 Å². The molecule has 0 amide bonds. The zero-order valence-corrected chi connectivity index (χ0v) is 12.9. The molecule has 0 aliphatic rings. The summed E-state index contributed by atoms with van der Waals surface area (Å²) in [6, 6.07) is 9.20. The van der Waals surface area contributed by atoms with Crippen molar-refractivity contribution >= 4 is 23.4 Å². The van der Waals surface area contributed by atoms with Crippen molar-refractivity contribution in [2.45, 2.75) is 38.1 Å². The van der Waals surface area contributed by atoms with Gasteiger partial charge in [-0.25, -0.2) is 0 Å². The molecule has 1 aromatic rings. The summed E-state index contributed by atoms with van der Waals surface area (Å²) in [5.74, 6) is 0.951. The van der Waals surface area contributed by atoms with Crippen LogP contribution in [0.1, 0.15) is 38.8 Å². The van der Waals surface area contributed by atoms with Crippen molar-refractivity contribution in [1.82, 2.24) is 5.32 Å². The molecule has 1 unspecified atom stereocenters. The molecule has 0 aliphatic heterocycles. The van der Waals surface area contributed by atoms with Crippen LogP contribution in [0.4, 0.5) is 0 Å². The lowest BCUT2D eigenvalue weighted by molar-refractivity contribution is 0.570. The Bertz CT molecular complexity index is 373. The molecule has 0 aromatic heterocycles. The first kappa shape index (κ1) is 15.6.